The lowest BCUT2D eigenvalue weighted by Crippen LogP contribution is -2.59. The molecule has 4 heteroatoms. The van der Waals surface area contributed by atoms with Gasteiger partial charge in [-0.15, -0.1) is 11.3 Å². The summed E-state index contributed by atoms with van der Waals surface area (Å²) in [7, 11) is 1.81. The summed E-state index contributed by atoms with van der Waals surface area (Å²) in [6.45, 7) is 7.04. The molecule has 1 aliphatic heterocycles. The molecule has 106 valence electrons. The van der Waals surface area contributed by atoms with E-state index >= 15 is 0 Å². The van der Waals surface area contributed by atoms with Gasteiger partial charge in [0.2, 0.25) is 0 Å². The van der Waals surface area contributed by atoms with Crippen LogP contribution in [0.2, 0.25) is 0 Å². The number of methoxy groups -OCH3 is 1. The summed E-state index contributed by atoms with van der Waals surface area (Å²) in [6.07, 6.45) is 0. The average Bonchev–Trinajstić information content (AvgIpc) is 2.73. The Labute approximate surface area is 124 Å². The molecule has 3 rings (SSSR count). The Bertz CT molecular complexity index is 588. The fourth-order valence-corrected chi connectivity index (χ4v) is 3.86. The van der Waals surface area contributed by atoms with Crippen LogP contribution in [0, 0.1) is 13.8 Å². The Balaban J connectivity index is 1.69. The number of hydrogen-bond acceptors (Lipinski definition) is 4. The van der Waals surface area contributed by atoms with Crippen LogP contribution < -0.4 is 0 Å². The van der Waals surface area contributed by atoms with Crippen LogP contribution >= 0.6 is 11.3 Å². The van der Waals surface area contributed by atoms with Crippen molar-refractivity contribution in [2.45, 2.75) is 26.0 Å². The van der Waals surface area contributed by atoms with Gasteiger partial charge in [0.1, 0.15) is 5.60 Å². The topological polar surface area (TPSA) is 25.4 Å². The molecule has 2 aromatic rings. The van der Waals surface area contributed by atoms with Crippen LogP contribution in [-0.4, -0.2) is 30.1 Å². The molecule has 1 aromatic heterocycles. The Morgan fingerprint density at radius 2 is 1.95 bits per heavy atom. The van der Waals surface area contributed by atoms with Gasteiger partial charge < -0.3 is 4.74 Å². The van der Waals surface area contributed by atoms with Crippen molar-refractivity contribution in [3.8, 4) is 0 Å². The van der Waals surface area contributed by atoms with Crippen LogP contribution in [-0.2, 0) is 16.9 Å². The van der Waals surface area contributed by atoms with Crippen LogP contribution in [0.3, 0.4) is 0 Å². The molecule has 0 spiro atoms. The van der Waals surface area contributed by atoms with E-state index in [-0.39, 0.29) is 5.60 Å². The molecule has 1 saturated heterocycles. The summed E-state index contributed by atoms with van der Waals surface area (Å²) < 4.78 is 5.81. The zero-order valence-corrected chi connectivity index (χ0v) is 13.0. The largest absolute Gasteiger partial charge is 0.371 e. The third kappa shape index (κ3) is 2.39. The number of aryl methyl sites for hydroxylation is 2. The molecule has 1 aliphatic rings. The Hall–Kier alpha value is -1.23. The van der Waals surface area contributed by atoms with Crippen molar-refractivity contribution in [2.75, 3.05) is 20.2 Å². The predicted octanol–water partition coefficient (Wildman–Crippen LogP) is 3.12. The summed E-state index contributed by atoms with van der Waals surface area (Å²) in [5, 5.41) is 1.15. The Kier molecular flexibility index (Phi) is 3.63. The van der Waals surface area contributed by atoms with Gasteiger partial charge in [-0.3, -0.25) is 4.90 Å². The maximum atomic E-state index is 5.81. The number of benzene rings is 1. The van der Waals surface area contributed by atoms with E-state index in [9.17, 15) is 0 Å². The predicted molar refractivity (Wildman–Crippen MR) is 82.0 cm³/mol. The Morgan fingerprint density at radius 1 is 1.25 bits per heavy atom. The molecule has 20 heavy (non-hydrogen) atoms. The highest BCUT2D eigenvalue weighted by Crippen LogP contribution is 2.36. The summed E-state index contributed by atoms with van der Waals surface area (Å²) in [5.74, 6) is 0. The molecule has 0 aliphatic carbocycles. The number of nitrogens with zero attached hydrogens (tertiary/aromatic N) is 2. The zero-order chi connectivity index (χ0) is 14.2. The molecule has 3 nitrogen and oxygen atoms in total. The van der Waals surface area contributed by atoms with Crippen molar-refractivity contribution in [1.29, 1.82) is 0 Å². The lowest BCUT2D eigenvalue weighted by Gasteiger charge is -2.49. The first kappa shape index (κ1) is 13.7. The molecule has 0 unspecified atom stereocenters. The van der Waals surface area contributed by atoms with Gasteiger partial charge in [-0.2, -0.15) is 0 Å². The second kappa shape index (κ2) is 5.28. The fraction of sp³-hybridized carbons (Fsp3) is 0.438. The van der Waals surface area contributed by atoms with Crippen molar-refractivity contribution in [3.63, 3.8) is 0 Å². The average molecular weight is 288 g/mol. The first-order valence-electron chi connectivity index (χ1n) is 6.89. The molecular formula is C16H20N2OS. The van der Waals surface area contributed by atoms with E-state index < -0.39 is 0 Å². The number of likely N-dealkylation sites (tertiary alicyclic amines) is 1. The SMILES string of the molecule is COC1(c2ccccc2)CN(Cc2sc(C)nc2C)C1. The first-order valence-corrected chi connectivity index (χ1v) is 7.70. The summed E-state index contributed by atoms with van der Waals surface area (Å²) >= 11 is 1.80. The molecule has 1 aromatic carbocycles. The smallest absolute Gasteiger partial charge is 0.118 e. The van der Waals surface area contributed by atoms with Gasteiger partial charge in [0.05, 0.1) is 10.7 Å². The molecule has 0 bridgehead atoms. The van der Waals surface area contributed by atoms with Gasteiger partial charge in [-0.25, -0.2) is 4.98 Å². The van der Waals surface area contributed by atoms with Gasteiger partial charge in [0.25, 0.3) is 0 Å². The number of thiazole rings is 1. The molecule has 1 fully saturated rings. The van der Waals surface area contributed by atoms with Crippen LogP contribution in [0.4, 0.5) is 0 Å². The van der Waals surface area contributed by atoms with E-state index in [2.05, 4.69) is 48.0 Å². The van der Waals surface area contributed by atoms with E-state index in [1.165, 1.54) is 16.1 Å². The minimum atomic E-state index is -0.130. The number of aromatic nitrogens is 1. The van der Waals surface area contributed by atoms with E-state index in [0.717, 1.165) is 24.6 Å². The number of ether oxygens (including phenoxy) is 1. The van der Waals surface area contributed by atoms with E-state index in [1.807, 2.05) is 13.2 Å². The summed E-state index contributed by atoms with van der Waals surface area (Å²) in [6, 6.07) is 10.5. The molecule has 0 radical (unpaired) electrons. The standard InChI is InChI=1S/C16H20N2OS/c1-12-15(20-13(2)17-12)9-18-10-16(11-18,19-3)14-7-5-4-6-8-14/h4-8H,9-11H2,1-3H3. The first-order chi connectivity index (χ1) is 9.63. The van der Waals surface area contributed by atoms with Crippen molar-refractivity contribution < 1.29 is 4.74 Å². The van der Waals surface area contributed by atoms with Crippen LogP contribution in [0.25, 0.3) is 0 Å². The van der Waals surface area contributed by atoms with Crippen LogP contribution in [0.1, 0.15) is 21.1 Å². The van der Waals surface area contributed by atoms with Crippen molar-refractivity contribution in [1.82, 2.24) is 9.88 Å². The second-order valence-electron chi connectivity index (χ2n) is 5.45. The van der Waals surface area contributed by atoms with Crippen LogP contribution in [0.15, 0.2) is 30.3 Å². The monoisotopic (exact) mass is 288 g/mol. The maximum absolute atomic E-state index is 5.81. The van der Waals surface area contributed by atoms with Gasteiger partial charge >= 0.3 is 0 Å². The normalized spacial score (nSPS) is 17.9. The fourth-order valence-electron chi connectivity index (χ4n) is 2.88. The lowest BCUT2D eigenvalue weighted by atomic mass is 9.85. The quantitative estimate of drug-likeness (QED) is 0.864. The van der Waals surface area contributed by atoms with E-state index in [4.69, 9.17) is 4.74 Å². The molecule has 0 saturated carbocycles. The second-order valence-corrected chi connectivity index (χ2v) is 6.74. The van der Waals surface area contributed by atoms with Crippen molar-refractivity contribution in [3.05, 3.63) is 51.5 Å². The highest BCUT2D eigenvalue weighted by Gasteiger charge is 2.44. The molecule has 0 atom stereocenters. The molecule has 2 heterocycles. The number of hydrogen-bond donors (Lipinski definition) is 0. The Morgan fingerprint density at radius 3 is 2.50 bits per heavy atom. The minimum absolute atomic E-state index is 0.130. The minimum Gasteiger partial charge on any atom is -0.371 e. The van der Waals surface area contributed by atoms with E-state index in [1.54, 1.807) is 11.3 Å². The molecule has 0 amide bonds. The van der Waals surface area contributed by atoms with E-state index in [0.29, 0.717) is 0 Å². The van der Waals surface area contributed by atoms with Crippen molar-refractivity contribution >= 4 is 11.3 Å². The van der Waals surface area contributed by atoms with Crippen molar-refractivity contribution in [2.24, 2.45) is 0 Å². The third-order valence-electron chi connectivity index (χ3n) is 4.02. The van der Waals surface area contributed by atoms with Crippen LogP contribution in [0.5, 0.6) is 0 Å². The summed E-state index contributed by atoms with van der Waals surface area (Å²) in [5.41, 5.74) is 2.31. The van der Waals surface area contributed by atoms with Gasteiger partial charge in [0.15, 0.2) is 0 Å². The summed E-state index contributed by atoms with van der Waals surface area (Å²) in [4.78, 5) is 8.30. The van der Waals surface area contributed by atoms with Gasteiger partial charge in [0, 0.05) is 31.6 Å². The lowest BCUT2D eigenvalue weighted by molar-refractivity contribution is -0.133. The highest BCUT2D eigenvalue weighted by atomic mass is 32.1. The van der Waals surface area contributed by atoms with Gasteiger partial charge in [-0.1, -0.05) is 30.3 Å². The molecule has 0 N–H and O–H groups in total. The molecular weight excluding hydrogens is 268 g/mol. The zero-order valence-electron chi connectivity index (χ0n) is 12.2. The third-order valence-corrected chi connectivity index (χ3v) is 5.07. The maximum Gasteiger partial charge on any atom is 0.118 e. The van der Waals surface area contributed by atoms with Gasteiger partial charge in [-0.05, 0) is 19.4 Å². The number of rotatable bonds is 4. The highest BCUT2D eigenvalue weighted by molar-refractivity contribution is 7.11.